The molecule has 0 aliphatic carbocycles. The Morgan fingerprint density at radius 3 is 2.56 bits per heavy atom. The first-order chi connectivity index (χ1) is 8.61. The van der Waals surface area contributed by atoms with Crippen molar-refractivity contribution in [1.29, 1.82) is 0 Å². The minimum absolute atomic E-state index is 0.289. The number of hydrogen-bond acceptors (Lipinski definition) is 4. The van der Waals surface area contributed by atoms with Gasteiger partial charge in [0.05, 0.1) is 6.61 Å². The topological polar surface area (TPSA) is 64.6 Å². The monoisotopic (exact) mass is 249 g/mol. The number of carbonyl (C=O) groups is 2. The van der Waals surface area contributed by atoms with Crippen molar-refractivity contribution in [2.45, 2.75) is 13.8 Å². The molecule has 0 saturated carbocycles. The molecular formula is C13H15NO4. The first kappa shape index (κ1) is 13.8. The van der Waals surface area contributed by atoms with Gasteiger partial charge in [-0.3, -0.25) is 5.32 Å². The number of allylic oxidation sites excluding steroid dienone is 1. The van der Waals surface area contributed by atoms with Gasteiger partial charge in [0.15, 0.2) is 0 Å². The molecule has 0 fully saturated rings. The maximum atomic E-state index is 11.4. The number of amides is 1. The van der Waals surface area contributed by atoms with E-state index in [1.165, 1.54) is 6.08 Å². The fourth-order valence-electron chi connectivity index (χ4n) is 1.18. The van der Waals surface area contributed by atoms with Crippen molar-refractivity contribution in [3.05, 3.63) is 42.1 Å². The Kier molecular flexibility index (Phi) is 5.44. The van der Waals surface area contributed by atoms with Gasteiger partial charge in [0.2, 0.25) is 0 Å². The summed E-state index contributed by atoms with van der Waals surface area (Å²) in [6, 6.07) is 8.64. The van der Waals surface area contributed by atoms with Crippen LogP contribution in [0.4, 0.5) is 4.79 Å². The molecule has 0 aliphatic rings. The third-order valence-electron chi connectivity index (χ3n) is 1.87. The van der Waals surface area contributed by atoms with Gasteiger partial charge in [-0.25, -0.2) is 9.59 Å². The second-order valence-corrected chi connectivity index (χ2v) is 3.41. The molecule has 1 aromatic carbocycles. The molecule has 1 amide bonds. The van der Waals surface area contributed by atoms with Crippen LogP contribution >= 0.6 is 0 Å². The zero-order valence-corrected chi connectivity index (χ0v) is 10.3. The van der Waals surface area contributed by atoms with Crippen molar-refractivity contribution < 1.29 is 19.1 Å². The number of hydrogen-bond donors (Lipinski definition) is 1. The fraction of sp³-hybridized carbons (Fsp3) is 0.231. The lowest BCUT2D eigenvalue weighted by atomic mass is 10.3. The van der Waals surface area contributed by atoms with Gasteiger partial charge in [0.25, 0.3) is 0 Å². The first-order valence-electron chi connectivity index (χ1n) is 5.50. The van der Waals surface area contributed by atoms with E-state index < -0.39 is 12.1 Å². The molecule has 0 atom stereocenters. The van der Waals surface area contributed by atoms with Crippen LogP contribution in [-0.4, -0.2) is 18.7 Å². The highest BCUT2D eigenvalue weighted by Crippen LogP contribution is 2.08. The molecule has 0 bridgehead atoms. The number of carbonyl (C=O) groups excluding carboxylic acids is 2. The largest absolute Gasteiger partial charge is 0.463 e. The Labute approximate surface area is 105 Å². The summed E-state index contributed by atoms with van der Waals surface area (Å²) in [5.74, 6) is -0.0751. The molecule has 0 unspecified atom stereocenters. The van der Waals surface area contributed by atoms with Crippen LogP contribution in [0, 0.1) is 0 Å². The average molecular weight is 249 g/mol. The molecule has 5 nitrogen and oxygen atoms in total. The second kappa shape index (κ2) is 7.11. The summed E-state index contributed by atoms with van der Waals surface area (Å²) < 4.78 is 9.69. The summed E-state index contributed by atoms with van der Waals surface area (Å²) >= 11 is 0. The molecule has 0 spiro atoms. The van der Waals surface area contributed by atoms with E-state index >= 15 is 0 Å². The van der Waals surface area contributed by atoms with Crippen LogP contribution in [-0.2, 0) is 9.53 Å². The third kappa shape index (κ3) is 5.16. The van der Waals surface area contributed by atoms with Gasteiger partial charge in [0, 0.05) is 11.8 Å². The predicted molar refractivity (Wildman–Crippen MR) is 66.0 cm³/mol. The highest BCUT2D eigenvalue weighted by atomic mass is 16.6. The van der Waals surface area contributed by atoms with E-state index in [4.69, 9.17) is 9.47 Å². The van der Waals surface area contributed by atoms with Crippen LogP contribution in [0.15, 0.2) is 42.1 Å². The lowest BCUT2D eigenvalue weighted by Crippen LogP contribution is -2.25. The summed E-state index contributed by atoms with van der Waals surface area (Å²) in [5, 5.41) is 2.42. The molecular weight excluding hydrogens is 234 g/mol. The minimum atomic E-state index is -0.653. The van der Waals surface area contributed by atoms with Gasteiger partial charge in [-0.1, -0.05) is 18.2 Å². The summed E-state index contributed by atoms with van der Waals surface area (Å²) in [5.41, 5.74) is 0.356. The molecule has 0 saturated heterocycles. The Hall–Kier alpha value is -2.30. The van der Waals surface area contributed by atoms with Crippen LogP contribution in [0.5, 0.6) is 5.75 Å². The highest BCUT2D eigenvalue weighted by molar-refractivity contribution is 5.84. The van der Waals surface area contributed by atoms with Gasteiger partial charge < -0.3 is 9.47 Å². The normalized spacial score (nSPS) is 10.7. The first-order valence-corrected chi connectivity index (χ1v) is 5.50. The molecule has 1 rings (SSSR count). The van der Waals surface area contributed by atoms with Crippen LogP contribution in [0.2, 0.25) is 0 Å². The maximum absolute atomic E-state index is 11.4. The smallest absolute Gasteiger partial charge is 0.416 e. The minimum Gasteiger partial charge on any atom is -0.463 e. The predicted octanol–water partition coefficient (Wildman–Crippen LogP) is 2.24. The summed E-state index contributed by atoms with van der Waals surface area (Å²) in [4.78, 5) is 22.5. The van der Waals surface area contributed by atoms with E-state index in [2.05, 4.69) is 5.32 Å². The Balaban J connectivity index is 2.47. The standard InChI is InChI=1S/C13H15NO4/c1-3-17-12(15)9-10(2)14-13(16)18-11-7-5-4-6-8-11/h4-9H,3H2,1-2H3,(H,14,16)/b10-9+. The van der Waals surface area contributed by atoms with Crippen molar-refractivity contribution in [2.75, 3.05) is 6.61 Å². The Morgan fingerprint density at radius 2 is 1.94 bits per heavy atom. The fourth-order valence-corrected chi connectivity index (χ4v) is 1.18. The molecule has 0 heterocycles. The summed E-state index contributed by atoms with van der Waals surface area (Å²) in [6.07, 6.45) is 0.537. The van der Waals surface area contributed by atoms with E-state index in [9.17, 15) is 9.59 Å². The number of rotatable bonds is 4. The van der Waals surface area contributed by atoms with E-state index in [1.807, 2.05) is 6.07 Å². The molecule has 96 valence electrons. The molecule has 1 N–H and O–H groups in total. The van der Waals surface area contributed by atoms with Crippen molar-refractivity contribution in [3.8, 4) is 5.75 Å². The summed E-state index contributed by atoms with van der Waals surface area (Å²) in [6.45, 7) is 3.57. The molecule has 0 aliphatic heterocycles. The van der Waals surface area contributed by atoms with E-state index in [0.29, 0.717) is 11.4 Å². The third-order valence-corrected chi connectivity index (χ3v) is 1.87. The highest BCUT2D eigenvalue weighted by Gasteiger charge is 2.05. The number of para-hydroxylation sites is 1. The number of esters is 1. The van der Waals surface area contributed by atoms with Crippen LogP contribution in [0.1, 0.15) is 13.8 Å². The van der Waals surface area contributed by atoms with Gasteiger partial charge in [-0.2, -0.15) is 0 Å². The lowest BCUT2D eigenvalue weighted by Gasteiger charge is -2.06. The van der Waals surface area contributed by atoms with Gasteiger partial charge in [-0.15, -0.1) is 0 Å². The second-order valence-electron chi connectivity index (χ2n) is 3.41. The lowest BCUT2D eigenvalue weighted by molar-refractivity contribution is -0.137. The Morgan fingerprint density at radius 1 is 1.28 bits per heavy atom. The molecule has 0 aromatic heterocycles. The number of nitrogens with one attached hydrogen (secondary N) is 1. The molecule has 0 radical (unpaired) electrons. The molecule has 5 heteroatoms. The van der Waals surface area contributed by atoms with Crippen molar-refractivity contribution in [3.63, 3.8) is 0 Å². The van der Waals surface area contributed by atoms with Gasteiger partial charge in [-0.05, 0) is 26.0 Å². The van der Waals surface area contributed by atoms with Crippen LogP contribution in [0.25, 0.3) is 0 Å². The SMILES string of the molecule is CCOC(=O)/C=C(\C)NC(=O)Oc1ccccc1. The number of ether oxygens (including phenoxy) is 2. The van der Waals surface area contributed by atoms with E-state index in [-0.39, 0.29) is 6.61 Å². The van der Waals surface area contributed by atoms with Crippen LogP contribution in [0.3, 0.4) is 0 Å². The summed E-state index contributed by atoms with van der Waals surface area (Å²) in [7, 11) is 0. The zero-order chi connectivity index (χ0) is 13.4. The average Bonchev–Trinajstić information content (AvgIpc) is 2.29. The van der Waals surface area contributed by atoms with E-state index in [0.717, 1.165) is 0 Å². The van der Waals surface area contributed by atoms with Crippen molar-refractivity contribution in [2.24, 2.45) is 0 Å². The molecule has 18 heavy (non-hydrogen) atoms. The van der Waals surface area contributed by atoms with Crippen molar-refractivity contribution >= 4 is 12.1 Å². The van der Waals surface area contributed by atoms with Crippen LogP contribution < -0.4 is 10.1 Å². The van der Waals surface area contributed by atoms with Crippen molar-refractivity contribution in [1.82, 2.24) is 5.32 Å². The Bertz CT molecular complexity index is 440. The quantitative estimate of drug-likeness (QED) is 0.656. The van der Waals surface area contributed by atoms with Gasteiger partial charge in [0.1, 0.15) is 5.75 Å². The van der Waals surface area contributed by atoms with Gasteiger partial charge >= 0.3 is 12.1 Å². The maximum Gasteiger partial charge on any atom is 0.416 e. The molecule has 1 aromatic rings. The van der Waals surface area contributed by atoms with E-state index in [1.54, 1.807) is 38.1 Å². The zero-order valence-electron chi connectivity index (χ0n) is 10.3. The number of benzene rings is 1.